The van der Waals surface area contributed by atoms with E-state index >= 15 is 0 Å². The van der Waals surface area contributed by atoms with Crippen LogP contribution in [0.1, 0.15) is 31.5 Å². The predicted octanol–water partition coefficient (Wildman–Crippen LogP) is 1.97. The molecule has 0 saturated heterocycles. The molecule has 9 nitrogen and oxygen atoms in total. The maximum Gasteiger partial charge on any atom is 0.179 e. The van der Waals surface area contributed by atoms with E-state index in [9.17, 15) is 0 Å². The molecule has 1 aliphatic rings. The van der Waals surface area contributed by atoms with Gasteiger partial charge in [-0.3, -0.25) is 4.40 Å². The highest BCUT2D eigenvalue weighted by Gasteiger charge is 2.35. The van der Waals surface area contributed by atoms with Crippen molar-refractivity contribution in [1.82, 2.24) is 34.5 Å². The molecule has 4 aromatic rings. The largest absolute Gasteiger partial charge is 0.382 e. The lowest BCUT2D eigenvalue weighted by Crippen LogP contribution is -2.17. The van der Waals surface area contributed by atoms with Crippen molar-refractivity contribution in [3.05, 3.63) is 36.7 Å². The number of hydrogen-bond donors (Lipinski definition) is 3. The zero-order valence-corrected chi connectivity index (χ0v) is 14.3. The Morgan fingerprint density at radius 2 is 2.08 bits per heavy atom. The molecule has 4 heterocycles. The fourth-order valence-electron chi connectivity index (χ4n) is 3.99. The fraction of sp³-hybridized carbons (Fsp3) is 0.353. The molecule has 9 heteroatoms. The van der Waals surface area contributed by atoms with Crippen molar-refractivity contribution in [3.63, 3.8) is 0 Å². The zero-order valence-electron chi connectivity index (χ0n) is 14.3. The van der Waals surface area contributed by atoms with Gasteiger partial charge in [-0.25, -0.2) is 15.0 Å². The molecule has 0 unspecified atom stereocenters. The SMILES string of the molecule is C[C@@H]1C[C@H](Nc2cnc(N)cn2)C[C@@H]1c1nnc2cnc3[nH]ccc3n12. The van der Waals surface area contributed by atoms with E-state index in [1.807, 2.05) is 12.3 Å². The molecule has 0 aromatic carbocycles. The van der Waals surface area contributed by atoms with Gasteiger partial charge in [0, 0.05) is 18.2 Å². The maximum atomic E-state index is 5.61. The van der Waals surface area contributed by atoms with E-state index in [0.717, 1.165) is 41.3 Å². The Hall–Kier alpha value is -3.23. The van der Waals surface area contributed by atoms with Crippen LogP contribution in [0, 0.1) is 5.92 Å². The Morgan fingerprint density at radius 3 is 2.92 bits per heavy atom. The van der Waals surface area contributed by atoms with Crippen molar-refractivity contribution in [3.8, 4) is 0 Å². The van der Waals surface area contributed by atoms with Gasteiger partial charge in [-0.2, -0.15) is 0 Å². The molecule has 26 heavy (non-hydrogen) atoms. The lowest BCUT2D eigenvalue weighted by atomic mass is 9.97. The molecule has 1 saturated carbocycles. The van der Waals surface area contributed by atoms with E-state index in [1.54, 1.807) is 18.6 Å². The highest BCUT2D eigenvalue weighted by molar-refractivity contribution is 5.74. The Morgan fingerprint density at radius 1 is 1.15 bits per heavy atom. The van der Waals surface area contributed by atoms with Gasteiger partial charge >= 0.3 is 0 Å². The minimum Gasteiger partial charge on any atom is -0.382 e. The van der Waals surface area contributed by atoms with Gasteiger partial charge in [0.05, 0.1) is 24.1 Å². The number of aromatic nitrogens is 7. The average Bonchev–Trinajstić information content (AvgIpc) is 3.34. The second-order valence-electron chi connectivity index (χ2n) is 6.94. The van der Waals surface area contributed by atoms with Gasteiger partial charge in [0.25, 0.3) is 0 Å². The van der Waals surface area contributed by atoms with Crippen LogP contribution < -0.4 is 11.1 Å². The first-order valence-corrected chi connectivity index (χ1v) is 8.70. The first-order valence-electron chi connectivity index (χ1n) is 8.70. The average molecular weight is 349 g/mol. The highest BCUT2D eigenvalue weighted by Crippen LogP contribution is 2.40. The summed E-state index contributed by atoms with van der Waals surface area (Å²) in [6.45, 7) is 2.26. The molecule has 1 aliphatic carbocycles. The van der Waals surface area contributed by atoms with E-state index in [0.29, 0.717) is 23.7 Å². The zero-order chi connectivity index (χ0) is 17.7. The Labute approximate surface area is 149 Å². The highest BCUT2D eigenvalue weighted by atomic mass is 15.3. The summed E-state index contributed by atoms with van der Waals surface area (Å²) < 4.78 is 2.12. The summed E-state index contributed by atoms with van der Waals surface area (Å²) in [4.78, 5) is 15.9. The van der Waals surface area contributed by atoms with Crippen LogP contribution in [0.5, 0.6) is 0 Å². The Bertz CT molecular complexity index is 1060. The standard InChI is InChI=1S/C17H19N9/c1-9-4-10(23-14-7-20-13(18)6-21-14)5-11(9)17-25-24-15-8-22-16-12(26(15)17)2-3-19-16/h2-3,6-11,19H,4-5H2,1H3,(H2,18,20)(H,21,23)/t9-,10+,11+/m1/s1. The molecule has 0 spiro atoms. The van der Waals surface area contributed by atoms with Crippen molar-refractivity contribution >= 4 is 28.4 Å². The molecule has 4 N–H and O–H groups in total. The molecule has 4 aromatic heterocycles. The second-order valence-corrected chi connectivity index (χ2v) is 6.94. The quantitative estimate of drug-likeness (QED) is 0.517. The van der Waals surface area contributed by atoms with Gasteiger partial charge < -0.3 is 16.0 Å². The molecule has 1 fully saturated rings. The van der Waals surface area contributed by atoms with E-state index in [-0.39, 0.29) is 0 Å². The van der Waals surface area contributed by atoms with Crippen molar-refractivity contribution < 1.29 is 0 Å². The van der Waals surface area contributed by atoms with E-state index in [4.69, 9.17) is 5.73 Å². The third-order valence-electron chi connectivity index (χ3n) is 5.20. The predicted molar refractivity (Wildman–Crippen MR) is 97.6 cm³/mol. The third kappa shape index (κ3) is 2.35. The number of rotatable bonds is 3. The topological polar surface area (TPSA) is 123 Å². The van der Waals surface area contributed by atoms with Gasteiger partial charge in [-0.15, -0.1) is 10.2 Å². The van der Waals surface area contributed by atoms with Crippen LogP contribution in [0.15, 0.2) is 30.9 Å². The number of anilines is 2. The van der Waals surface area contributed by atoms with Gasteiger partial charge in [0.2, 0.25) is 0 Å². The molecule has 3 atom stereocenters. The number of H-pyrrole nitrogens is 1. The number of nitrogens with one attached hydrogen (secondary N) is 2. The molecular weight excluding hydrogens is 330 g/mol. The summed E-state index contributed by atoms with van der Waals surface area (Å²) in [5.74, 6) is 2.95. The van der Waals surface area contributed by atoms with Crippen molar-refractivity contribution in [1.29, 1.82) is 0 Å². The van der Waals surface area contributed by atoms with Crippen LogP contribution in [0.3, 0.4) is 0 Å². The number of aromatic amines is 1. The Balaban J connectivity index is 1.46. The lowest BCUT2D eigenvalue weighted by Gasteiger charge is -2.14. The molecular formula is C17H19N9. The van der Waals surface area contributed by atoms with Crippen LogP contribution in [0.2, 0.25) is 0 Å². The summed E-state index contributed by atoms with van der Waals surface area (Å²) in [5.41, 5.74) is 8.24. The lowest BCUT2D eigenvalue weighted by molar-refractivity contribution is 0.507. The molecule has 0 amide bonds. The number of fused-ring (bicyclic) bond motifs is 3. The minimum absolute atomic E-state index is 0.309. The van der Waals surface area contributed by atoms with Crippen molar-refractivity contribution in [2.75, 3.05) is 11.1 Å². The maximum absolute atomic E-state index is 5.61. The molecule has 5 rings (SSSR count). The fourth-order valence-corrected chi connectivity index (χ4v) is 3.99. The van der Waals surface area contributed by atoms with Crippen LogP contribution in [-0.4, -0.2) is 40.6 Å². The van der Waals surface area contributed by atoms with Crippen molar-refractivity contribution in [2.45, 2.75) is 31.7 Å². The summed E-state index contributed by atoms with van der Waals surface area (Å²) in [5, 5.41) is 12.3. The Kier molecular flexibility index (Phi) is 3.27. The number of nitrogens with two attached hydrogens (primary N) is 1. The number of hydrogen-bond acceptors (Lipinski definition) is 7. The normalized spacial score (nSPS) is 23.0. The summed E-state index contributed by atoms with van der Waals surface area (Å²) in [6, 6.07) is 2.32. The van der Waals surface area contributed by atoms with Crippen LogP contribution in [-0.2, 0) is 0 Å². The second kappa shape index (κ2) is 5.65. The van der Waals surface area contributed by atoms with Crippen LogP contribution >= 0.6 is 0 Å². The van der Waals surface area contributed by atoms with E-state index < -0.39 is 0 Å². The van der Waals surface area contributed by atoms with Crippen LogP contribution in [0.4, 0.5) is 11.6 Å². The van der Waals surface area contributed by atoms with Crippen LogP contribution in [0.25, 0.3) is 16.8 Å². The number of nitrogen functional groups attached to an aromatic ring is 1. The third-order valence-corrected chi connectivity index (χ3v) is 5.20. The van der Waals surface area contributed by atoms with Crippen molar-refractivity contribution in [2.24, 2.45) is 5.92 Å². The van der Waals surface area contributed by atoms with E-state index in [1.165, 1.54) is 0 Å². The molecule has 132 valence electrons. The van der Waals surface area contributed by atoms with Gasteiger partial charge in [0.15, 0.2) is 11.3 Å². The molecule has 0 aliphatic heterocycles. The monoisotopic (exact) mass is 349 g/mol. The van der Waals surface area contributed by atoms with Gasteiger partial charge in [0.1, 0.15) is 17.5 Å². The van der Waals surface area contributed by atoms with E-state index in [2.05, 4.69) is 46.8 Å². The molecule has 0 radical (unpaired) electrons. The smallest absolute Gasteiger partial charge is 0.179 e. The number of nitrogens with zero attached hydrogens (tertiary/aromatic N) is 6. The molecule has 0 bridgehead atoms. The van der Waals surface area contributed by atoms with Gasteiger partial charge in [-0.05, 0) is 24.8 Å². The van der Waals surface area contributed by atoms with Gasteiger partial charge in [-0.1, -0.05) is 6.92 Å². The summed E-state index contributed by atoms with van der Waals surface area (Å²) in [6.07, 6.45) is 8.89. The summed E-state index contributed by atoms with van der Waals surface area (Å²) >= 11 is 0. The minimum atomic E-state index is 0.309. The summed E-state index contributed by atoms with van der Waals surface area (Å²) in [7, 11) is 0. The first-order chi connectivity index (χ1) is 12.7. The first kappa shape index (κ1) is 15.1.